The molecule has 6 heteroatoms. The van der Waals surface area contributed by atoms with Gasteiger partial charge in [0.15, 0.2) is 0 Å². The highest BCUT2D eigenvalue weighted by Crippen LogP contribution is 2.25. The van der Waals surface area contributed by atoms with Crippen LogP contribution >= 0.6 is 22.6 Å². The van der Waals surface area contributed by atoms with E-state index >= 15 is 0 Å². The van der Waals surface area contributed by atoms with Gasteiger partial charge in [0.2, 0.25) is 0 Å². The molecule has 26 heavy (non-hydrogen) atoms. The minimum atomic E-state index is -3.65. The zero-order valence-electron chi connectivity index (χ0n) is 14.5. The number of nitrogens with one attached hydrogen (secondary N) is 1. The van der Waals surface area contributed by atoms with Crippen molar-refractivity contribution in [2.45, 2.75) is 4.90 Å². The van der Waals surface area contributed by atoms with Crippen LogP contribution < -0.4 is 9.62 Å². The molecule has 0 saturated carbocycles. The van der Waals surface area contributed by atoms with Gasteiger partial charge in [0.1, 0.15) is 0 Å². The number of anilines is 2. The third-order valence-corrected chi connectivity index (χ3v) is 6.06. The molecule has 1 N–H and O–H groups in total. The van der Waals surface area contributed by atoms with Gasteiger partial charge in [0, 0.05) is 29.0 Å². The Morgan fingerprint density at radius 1 is 0.846 bits per heavy atom. The van der Waals surface area contributed by atoms with Crippen LogP contribution in [0.4, 0.5) is 11.4 Å². The van der Waals surface area contributed by atoms with Gasteiger partial charge in [-0.25, -0.2) is 8.42 Å². The van der Waals surface area contributed by atoms with Crippen LogP contribution in [0, 0.1) is 3.57 Å². The monoisotopic (exact) mass is 478 g/mol. The minimum absolute atomic E-state index is 0.241. The molecule has 0 saturated heterocycles. The van der Waals surface area contributed by atoms with Gasteiger partial charge in [-0.3, -0.25) is 4.72 Å². The van der Waals surface area contributed by atoms with Crippen molar-refractivity contribution in [3.63, 3.8) is 0 Å². The Balaban J connectivity index is 1.87. The Hall–Kier alpha value is -2.06. The summed E-state index contributed by atoms with van der Waals surface area (Å²) in [5, 5.41) is 0. The Labute approximate surface area is 168 Å². The quantitative estimate of drug-likeness (QED) is 0.535. The van der Waals surface area contributed by atoms with Crippen molar-refractivity contribution >= 4 is 44.0 Å². The molecule has 3 aromatic carbocycles. The lowest BCUT2D eigenvalue weighted by molar-refractivity contribution is 0.601. The third-order valence-electron chi connectivity index (χ3n) is 3.96. The van der Waals surface area contributed by atoms with Crippen molar-refractivity contribution in [2.24, 2.45) is 0 Å². The summed E-state index contributed by atoms with van der Waals surface area (Å²) in [6.45, 7) is 0. The first-order chi connectivity index (χ1) is 12.3. The van der Waals surface area contributed by atoms with Crippen LogP contribution in [0.15, 0.2) is 77.7 Å². The number of benzene rings is 3. The molecule has 134 valence electrons. The predicted molar refractivity (Wildman–Crippen MR) is 116 cm³/mol. The molecule has 0 aliphatic carbocycles. The number of rotatable bonds is 5. The highest BCUT2D eigenvalue weighted by Gasteiger charge is 2.15. The fourth-order valence-electron chi connectivity index (χ4n) is 2.53. The van der Waals surface area contributed by atoms with E-state index in [2.05, 4.69) is 27.3 Å². The zero-order valence-corrected chi connectivity index (χ0v) is 17.5. The SMILES string of the molecule is CN(C)c1ccc(NS(=O)(=O)c2cccc(-c3ccc(I)cc3)c2)cc1. The van der Waals surface area contributed by atoms with Gasteiger partial charge in [-0.05, 0) is 82.2 Å². The molecule has 0 radical (unpaired) electrons. The molecule has 0 atom stereocenters. The second-order valence-electron chi connectivity index (χ2n) is 6.08. The maximum atomic E-state index is 12.7. The largest absolute Gasteiger partial charge is 0.378 e. The summed E-state index contributed by atoms with van der Waals surface area (Å²) >= 11 is 2.25. The Morgan fingerprint density at radius 2 is 1.50 bits per heavy atom. The van der Waals surface area contributed by atoms with Crippen molar-refractivity contribution in [1.82, 2.24) is 0 Å². The van der Waals surface area contributed by atoms with Crippen LogP contribution in [-0.4, -0.2) is 22.5 Å². The van der Waals surface area contributed by atoms with E-state index in [1.54, 1.807) is 30.3 Å². The van der Waals surface area contributed by atoms with Crippen molar-refractivity contribution in [3.05, 3.63) is 76.4 Å². The third kappa shape index (κ3) is 4.37. The van der Waals surface area contributed by atoms with Gasteiger partial charge in [0.25, 0.3) is 10.0 Å². The van der Waals surface area contributed by atoms with E-state index in [4.69, 9.17) is 0 Å². The van der Waals surface area contributed by atoms with E-state index in [1.165, 1.54) is 0 Å². The molecule has 0 bridgehead atoms. The van der Waals surface area contributed by atoms with Crippen molar-refractivity contribution < 1.29 is 8.42 Å². The predicted octanol–water partition coefficient (Wildman–Crippen LogP) is 4.83. The average molecular weight is 478 g/mol. The maximum Gasteiger partial charge on any atom is 0.261 e. The smallest absolute Gasteiger partial charge is 0.261 e. The molecule has 3 aromatic rings. The molecule has 0 unspecified atom stereocenters. The minimum Gasteiger partial charge on any atom is -0.378 e. The molecule has 0 aliphatic rings. The summed E-state index contributed by atoms with van der Waals surface area (Å²) in [6, 6.07) is 22.2. The van der Waals surface area contributed by atoms with Crippen molar-refractivity contribution in [1.29, 1.82) is 0 Å². The zero-order chi connectivity index (χ0) is 18.7. The Morgan fingerprint density at radius 3 is 2.12 bits per heavy atom. The van der Waals surface area contributed by atoms with E-state index in [0.29, 0.717) is 5.69 Å². The number of sulfonamides is 1. The second-order valence-corrected chi connectivity index (χ2v) is 9.01. The van der Waals surface area contributed by atoms with Crippen LogP contribution in [0.2, 0.25) is 0 Å². The number of hydrogen-bond acceptors (Lipinski definition) is 3. The summed E-state index contributed by atoms with van der Waals surface area (Å²) in [7, 11) is 0.229. The van der Waals surface area contributed by atoms with E-state index in [0.717, 1.165) is 20.4 Å². The lowest BCUT2D eigenvalue weighted by Crippen LogP contribution is -2.13. The number of hydrogen-bond donors (Lipinski definition) is 1. The van der Waals surface area contributed by atoms with Crippen molar-refractivity contribution in [3.8, 4) is 11.1 Å². The molecular formula is C20H19IN2O2S. The first kappa shape index (κ1) is 18.7. The fraction of sp³-hybridized carbons (Fsp3) is 0.100. The average Bonchev–Trinajstić information content (AvgIpc) is 2.62. The fourth-order valence-corrected chi connectivity index (χ4v) is 3.99. The highest BCUT2D eigenvalue weighted by atomic mass is 127. The van der Waals surface area contributed by atoms with Gasteiger partial charge >= 0.3 is 0 Å². The van der Waals surface area contributed by atoms with E-state index in [9.17, 15) is 8.42 Å². The Bertz CT molecular complexity index is 999. The van der Waals surface area contributed by atoms with E-state index in [-0.39, 0.29) is 4.90 Å². The van der Waals surface area contributed by atoms with E-state index < -0.39 is 10.0 Å². The number of halogens is 1. The first-order valence-corrected chi connectivity index (χ1v) is 10.6. The second kappa shape index (κ2) is 7.67. The maximum absolute atomic E-state index is 12.7. The summed E-state index contributed by atoms with van der Waals surface area (Å²) in [6.07, 6.45) is 0. The standard InChI is InChI=1S/C20H19IN2O2S/c1-23(2)19-12-10-18(11-13-19)22-26(24,25)20-5-3-4-16(14-20)15-6-8-17(21)9-7-15/h3-14,22H,1-2H3. The molecule has 0 heterocycles. The molecule has 4 nitrogen and oxygen atoms in total. The van der Waals surface area contributed by atoms with Crippen LogP contribution in [0.25, 0.3) is 11.1 Å². The topological polar surface area (TPSA) is 49.4 Å². The number of nitrogens with zero attached hydrogens (tertiary/aromatic N) is 1. The molecule has 0 aliphatic heterocycles. The molecule has 0 aromatic heterocycles. The normalized spacial score (nSPS) is 11.2. The van der Waals surface area contributed by atoms with Gasteiger partial charge in [0.05, 0.1) is 4.90 Å². The molecule has 0 spiro atoms. The van der Waals surface area contributed by atoms with E-state index in [1.807, 2.05) is 61.5 Å². The van der Waals surface area contributed by atoms with Gasteiger partial charge in [-0.1, -0.05) is 24.3 Å². The summed E-state index contributed by atoms with van der Waals surface area (Å²) < 4.78 is 29.2. The summed E-state index contributed by atoms with van der Waals surface area (Å²) in [5.74, 6) is 0. The van der Waals surface area contributed by atoms with Crippen LogP contribution in [0.5, 0.6) is 0 Å². The summed E-state index contributed by atoms with van der Waals surface area (Å²) in [4.78, 5) is 2.20. The van der Waals surface area contributed by atoms with Crippen LogP contribution in [0.3, 0.4) is 0 Å². The van der Waals surface area contributed by atoms with Gasteiger partial charge < -0.3 is 4.90 Å². The lowest BCUT2D eigenvalue weighted by Gasteiger charge is -2.14. The van der Waals surface area contributed by atoms with Gasteiger partial charge in [-0.15, -0.1) is 0 Å². The molecule has 0 amide bonds. The van der Waals surface area contributed by atoms with Gasteiger partial charge in [-0.2, -0.15) is 0 Å². The highest BCUT2D eigenvalue weighted by molar-refractivity contribution is 14.1. The molecular weight excluding hydrogens is 459 g/mol. The van der Waals surface area contributed by atoms with Crippen LogP contribution in [-0.2, 0) is 10.0 Å². The van der Waals surface area contributed by atoms with Crippen LogP contribution in [0.1, 0.15) is 0 Å². The first-order valence-electron chi connectivity index (χ1n) is 8.01. The molecule has 0 fully saturated rings. The molecule has 3 rings (SSSR count). The van der Waals surface area contributed by atoms with Crippen molar-refractivity contribution in [2.75, 3.05) is 23.7 Å². The Kier molecular flexibility index (Phi) is 5.52. The summed E-state index contributed by atoms with van der Waals surface area (Å²) in [5.41, 5.74) is 3.40. The lowest BCUT2D eigenvalue weighted by atomic mass is 10.1.